The summed E-state index contributed by atoms with van der Waals surface area (Å²) in [6.07, 6.45) is 0.511. The molecule has 1 amide bonds. The van der Waals surface area contributed by atoms with E-state index in [-0.39, 0.29) is 11.4 Å². The van der Waals surface area contributed by atoms with E-state index < -0.39 is 22.0 Å². The first-order chi connectivity index (χ1) is 11.1. The average Bonchev–Trinajstić information content (AvgIpc) is 2.60. The zero-order valence-electron chi connectivity index (χ0n) is 12.2. The van der Waals surface area contributed by atoms with Gasteiger partial charge in [0.25, 0.3) is 5.91 Å². The minimum atomic E-state index is -3.85. The number of carbonyl (C=O) groups excluding carboxylic acids is 1. The van der Waals surface area contributed by atoms with Crippen molar-refractivity contribution in [1.82, 2.24) is 9.79 Å². The fourth-order valence-corrected chi connectivity index (χ4v) is 4.45. The largest absolute Gasteiger partial charge is 0.289 e. The summed E-state index contributed by atoms with van der Waals surface area (Å²) in [6.45, 7) is 0.173. The Morgan fingerprint density at radius 3 is 2.43 bits per heavy atom. The Morgan fingerprint density at radius 1 is 1.09 bits per heavy atom. The lowest BCUT2D eigenvalue weighted by Crippen LogP contribution is -2.46. The predicted molar refractivity (Wildman–Crippen MR) is 83.2 cm³/mol. The van der Waals surface area contributed by atoms with Crippen LogP contribution in [0, 0.1) is 0 Å². The van der Waals surface area contributed by atoms with Gasteiger partial charge in [-0.25, -0.2) is 13.9 Å². The number of amides is 1. The number of nitrogens with one attached hydrogen (secondary N) is 1. The Hall–Kier alpha value is -2.22. The maximum atomic E-state index is 12.9. The van der Waals surface area contributed by atoms with Crippen LogP contribution >= 0.6 is 0 Å². The van der Waals surface area contributed by atoms with E-state index >= 15 is 0 Å². The maximum absolute atomic E-state index is 12.9. The van der Waals surface area contributed by atoms with Crippen molar-refractivity contribution in [2.45, 2.75) is 17.4 Å². The topological polar surface area (TPSA) is 86.7 Å². The third-order valence-corrected chi connectivity index (χ3v) is 5.83. The van der Waals surface area contributed by atoms with Crippen LogP contribution in [0.5, 0.6) is 0 Å². The first-order valence-corrected chi connectivity index (χ1v) is 8.58. The van der Waals surface area contributed by atoms with Crippen molar-refractivity contribution in [3.63, 3.8) is 0 Å². The van der Waals surface area contributed by atoms with E-state index in [1.807, 2.05) is 12.1 Å². The molecule has 1 aliphatic rings. The molecule has 1 atom stereocenters. The van der Waals surface area contributed by atoms with E-state index in [2.05, 4.69) is 0 Å². The van der Waals surface area contributed by atoms with Gasteiger partial charge in [-0.15, -0.1) is 0 Å². The van der Waals surface area contributed by atoms with E-state index in [4.69, 9.17) is 5.21 Å². The highest BCUT2D eigenvalue weighted by Crippen LogP contribution is 2.34. The molecule has 23 heavy (non-hydrogen) atoms. The van der Waals surface area contributed by atoms with Gasteiger partial charge >= 0.3 is 0 Å². The van der Waals surface area contributed by atoms with Gasteiger partial charge in [0.1, 0.15) is 6.04 Å². The molecular weight excluding hydrogens is 316 g/mol. The van der Waals surface area contributed by atoms with Crippen molar-refractivity contribution in [2.24, 2.45) is 0 Å². The van der Waals surface area contributed by atoms with Gasteiger partial charge in [0, 0.05) is 6.54 Å². The van der Waals surface area contributed by atoms with E-state index in [1.165, 1.54) is 12.1 Å². The quantitative estimate of drug-likeness (QED) is 0.658. The lowest BCUT2D eigenvalue weighted by atomic mass is 9.94. The van der Waals surface area contributed by atoms with Crippen LogP contribution in [-0.2, 0) is 21.2 Å². The lowest BCUT2D eigenvalue weighted by molar-refractivity contribution is -0.133. The molecule has 1 heterocycles. The molecule has 0 spiro atoms. The standard InChI is InChI=1S/C16H16N2O4S/c19-16(17-20)15-14-9-5-4-6-12(14)10-11-18(15)23(21,22)13-7-2-1-3-8-13/h1-9,15,20H,10-11H2,(H,17,19). The molecule has 0 bridgehead atoms. The van der Waals surface area contributed by atoms with Gasteiger partial charge in [-0.3, -0.25) is 10.0 Å². The Labute approximate surface area is 134 Å². The molecule has 0 saturated heterocycles. The zero-order valence-corrected chi connectivity index (χ0v) is 13.0. The summed E-state index contributed by atoms with van der Waals surface area (Å²) >= 11 is 0. The smallest absolute Gasteiger partial charge is 0.266 e. The molecule has 1 unspecified atom stereocenters. The van der Waals surface area contributed by atoms with Crippen LogP contribution in [0.25, 0.3) is 0 Å². The van der Waals surface area contributed by atoms with Gasteiger partial charge < -0.3 is 0 Å². The zero-order chi connectivity index (χ0) is 16.4. The van der Waals surface area contributed by atoms with Crippen molar-refractivity contribution in [3.05, 3.63) is 65.7 Å². The maximum Gasteiger partial charge on any atom is 0.266 e. The lowest BCUT2D eigenvalue weighted by Gasteiger charge is -2.34. The number of nitrogens with zero attached hydrogens (tertiary/aromatic N) is 1. The van der Waals surface area contributed by atoms with Gasteiger partial charge in [0.05, 0.1) is 4.90 Å². The Bertz CT molecular complexity index is 821. The summed E-state index contributed by atoms with van der Waals surface area (Å²) in [5.74, 6) is -0.767. The molecule has 0 saturated carbocycles. The molecule has 1 aliphatic heterocycles. The van der Waals surface area contributed by atoms with Gasteiger partial charge in [-0.1, -0.05) is 42.5 Å². The second-order valence-electron chi connectivity index (χ2n) is 5.26. The van der Waals surface area contributed by atoms with Gasteiger partial charge in [-0.05, 0) is 29.7 Å². The first kappa shape index (κ1) is 15.7. The monoisotopic (exact) mass is 332 g/mol. The normalized spacial score (nSPS) is 18.2. The van der Waals surface area contributed by atoms with E-state index in [9.17, 15) is 13.2 Å². The average molecular weight is 332 g/mol. The Morgan fingerprint density at radius 2 is 1.74 bits per heavy atom. The fourth-order valence-electron chi connectivity index (χ4n) is 2.86. The minimum absolute atomic E-state index is 0.120. The second-order valence-corrected chi connectivity index (χ2v) is 7.15. The number of fused-ring (bicyclic) bond motifs is 1. The predicted octanol–water partition coefficient (Wildman–Crippen LogP) is 1.48. The van der Waals surface area contributed by atoms with Gasteiger partial charge in [0.15, 0.2) is 0 Å². The molecule has 3 rings (SSSR count). The molecular formula is C16H16N2O4S. The Kier molecular flexibility index (Phi) is 4.16. The van der Waals surface area contributed by atoms with E-state index in [1.54, 1.807) is 35.8 Å². The van der Waals surface area contributed by atoms with Crippen LogP contribution in [0.1, 0.15) is 17.2 Å². The summed E-state index contributed by atoms with van der Waals surface area (Å²) in [5, 5.41) is 9.05. The summed E-state index contributed by atoms with van der Waals surface area (Å²) in [7, 11) is -3.85. The molecule has 0 radical (unpaired) electrons. The third-order valence-electron chi connectivity index (χ3n) is 3.95. The van der Waals surface area contributed by atoms with E-state index in [0.717, 1.165) is 9.87 Å². The van der Waals surface area contributed by atoms with Crippen LogP contribution in [0.15, 0.2) is 59.5 Å². The van der Waals surface area contributed by atoms with Crippen LogP contribution < -0.4 is 5.48 Å². The SMILES string of the molecule is O=C(NO)C1c2ccccc2CCN1S(=O)(=O)c1ccccc1. The molecule has 0 aliphatic carbocycles. The first-order valence-electron chi connectivity index (χ1n) is 7.14. The number of carbonyl (C=O) groups is 1. The van der Waals surface area contributed by atoms with Gasteiger partial charge in [0.2, 0.25) is 10.0 Å². The molecule has 0 aromatic heterocycles. The molecule has 0 fully saturated rings. The van der Waals surface area contributed by atoms with Crippen molar-refractivity contribution >= 4 is 15.9 Å². The molecule has 2 aromatic carbocycles. The number of hydrogen-bond donors (Lipinski definition) is 2. The van der Waals surface area contributed by atoms with Gasteiger partial charge in [-0.2, -0.15) is 4.31 Å². The summed E-state index contributed by atoms with van der Waals surface area (Å²) in [5.41, 5.74) is 3.08. The summed E-state index contributed by atoms with van der Waals surface area (Å²) in [4.78, 5) is 12.3. The van der Waals surface area contributed by atoms with Crippen molar-refractivity contribution < 1.29 is 18.4 Å². The Balaban J connectivity index is 2.10. The highest BCUT2D eigenvalue weighted by Gasteiger charge is 2.40. The fraction of sp³-hybridized carbons (Fsp3) is 0.188. The van der Waals surface area contributed by atoms with Crippen LogP contribution in [0.4, 0.5) is 0 Å². The molecule has 7 heteroatoms. The summed E-state index contributed by atoms with van der Waals surface area (Å²) < 4.78 is 26.9. The van der Waals surface area contributed by atoms with Crippen LogP contribution in [0.3, 0.4) is 0 Å². The third kappa shape index (κ3) is 2.74. The van der Waals surface area contributed by atoms with Crippen LogP contribution in [0.2, 0.25) is 0 Å². The molecule has 6 nitrogen and oxygen atoms in total. The molecule has 2 N–H and O–H groups in total. The molecule has 120 valence electrons. The highest BCUT2D eigenvalue weighted by molar-refractivity contribution is 7.89. The number of benzene rings is 2. The minimum Gasteiger partial charge on any atom is -0.289 e. The molecule has 2 aromatic rings. The number of hydroxylamine groups is 1. The summed E-state index contributed by atoms with van der Waals surface area (Å²) in [6, 6.07) is 14.0. The number of hydrogen-bond acceptors (Lipinski definition) is 4. The second kappa shape index (κ2) is 6.11. The van der Waals surface area contributed by atoms with Crippen molar-refractivity contribution in [2.75, 3.05) is 6.54 Å². The van der Waals surface area contributed by atoms with E-state index in [0.29, 0.717) is 12.0 Å². The van der Waals surface area contributed by atoms with Crippen molar-refractivity contribution in [1.29, 1.82) is 0 Å². The number of sulfonamides is 1. The van der Waals surface area contributed by atoms with Crippen molar-refractivity contribution in [3.8, 4) is 0 Å². The number of rotatable bonds is 3. The highest BCUT2D eigenvalue weighted by atomic mass is 32.2. The van der Waals surface area contributed by atoms with Crippen LogP contribution in [-0.4, -0.2) is 30.4 Å².